The molecule has 0 bridgehead atoms. The van der Waals surface area contributed by atoms with Crippen molar-refractivity contribution < 1.29 is 14.0 Å². The molecular formula is C23H19N5O3. The highest BCUT2D eigenvalue weighted by Gasteiger charge is 2.15. The van der Waals surface area contributed by atoms with Crippen LogP contribution in [0.25, 0.3) is 11.8 Å². The van der Waals surface area contributed by atoms with Gasteiger partial charge >= 0.3 is 0 Å². The molecule has 31 heavy (non-hydrogen) atoms. The SMILES string of the molecule is O=C(NCc1ccc(-n2cncn2)cc1)/C(=C/c1ccco1)NC(=O)c1ccccc1. The number of carbonyl (C=O) groups excluding carboxylic acids is 2. The normalized spacial score (nSPS) is 11.2. The van der Waals surface area contributed by atoms with Crippen molar-refractivity contribution >= 4 is 17.9 Å². The second-order valence-corrected chi connectivity index (χ2v) is 6.58. The molecule has 0 saturated carbocycles. The fraction of sp³-hybridized carbons (Fsp3) is 0.0435. The summed E-state index contributed by atoms with van der Waals surface area (Å²) in [5.74, 6) is -0.359. The third-order valence-electron chi connectivity index (χ3n) is 4.43. The molecule has 8 nitrogen and oxygen atoms in total. The summed E-state index contributed by atoms with van der Waals surface area (Å²) in [6, 6.07) is 19.6. The first kappa shape index (κ1) is 19.8. The summed E-state index contributed by atoms with van der Waals surface area (Å²) >= 11 is 0. The van der Waals surface area contributed by atoms with Crippen LogP contribution in [0.5, 0.6) is 0 Å². The summed E-state index contributed by atoms with van der Waals surface area (Å²) < 4.78 is 6.94. The summed E-state index contributed by atoms with van der Waals surface area (Å²) in [5.41, 5.74) is 2.29. The lowest BCUT2D eigenvalue weighted by molar-refractivity contribution is -0.117. The third-order valence-corrected chi connectivity index (χ3v) is 4.43. The van der Waals surface area contributed by atoms with E-state index in [-0.39, 0.29) is 18.1 Å². The van der Waals surface area contributed by atoms with E-state index >= 15 is 0 Å². The van der Waals surface area contributed by atoms with Gasteiger partial charge in [0, 0.05) is 18.2 Å². The Morgan fingerprint density at radius 3 is 2.48 bits per heavy atom. The van der Waals surface area contributed by atoms with Gasteiger partial charge in [0.15, 0.2) is 0 Å². The first-order chi connectivity index (χ1) is 15.2. The quantitative estimate of drug-likeness (QED) is 0.454. The molecule has 0 saturated heterocycles. The van der Waals surface area contributed by atoms with Crippen molar-refractivity contribution in [1.82, 2.24) is 25.4 Å². The van der Waals surface area contributed by atoms with E-state index in [2.05, 4.69) is 20.7 Å². The molecule has 0 atom stereocenters. The number of nitrogens with zero attached hydrogens (tertiary/aromatic N) is 3. The summed E-state index contributed by atoms with van der Waals surface area (Å²) in [6.45, 7) is 0.285. The van der Waals surface area contributed by atoms with Crippen molar-refractivity contribution in [1.29, 1.82) is 0 Å². The van der Waals surface area contributed by atoms with Crippen LogP contribution in [0.15, 0.2) is 95.8 Å². The number of furan rings is 1. The predicted octanol–water partition coefficient (Wildman–Crippen LogP) is 2.95. The highest BCUT2D eigenvalue weighted by molar-refractivity contribution is 6.05. The fourth-order valence-corrected chi connectivity index (χ4v) is 2.84. The Balaban J connectivity index is 1.45. The minimum absolute atomic E-state index is 0.0861. The molecular weight excluding hydrogens is 394 g/mol. The first-order valence-corrected chi connectivity index (χ1v) is 9.53. The number of hydrogen-bond acceptors (Lipinski definition) is 5. The van der Waals surface area contributed by atoms with E-state index in [1.165, 1.54) is 18.7 Å². The van der Waals surface area contributed by atoms with Crippen molar-refractivity contribution in [3.8, 4) is 5.69 Å². The Bertz CT molecular complexity index is 1170. The molecule has 0 aliphatic carbocycles. The molecule has 0 fully saturated rings. The van der Waals surface area contributed by atoms with Crippen molar-refractivity contribution in [2.24, 2.45) is 0 Å². The zero-order chi connectivity index (χ0) is 21.5. The maximum absolute atomic E-state index is 12.8. The fourth-order valence-electron chi connectivity index (χ4n) is 2.84. The zero-order valence-corrected chi connectivity index (χ0v) is 16.4. The molecule has 0 radical (unpaired) electrons. The Morgan fingerprint density at radius 2 is 1.81 bits per heavy atom. The summed E-state index contributed by atoms with van der Waals surface area (Å²) in [6.07, 6.45) is 6.06. The molecule has 2 aromatic heterocycles. The molecule has 8 heteroatoms. The van der Waals surface area contributed by atoms with E-state index < -0.39 is 5.91 Å². The van der Waals surface area contributed by atoms with E-state index in [1.54, 1.807) is 47.4 Å². The highest BCUT2D eigenvalue weighted by Crippen LogP contribution is 2.10. The second-order valence-electron chi connectivity index (χ2n) is 6.58. The van der Waals surface area contributed by atoms with Gasteiger partial charge in [-0.1, -0.05) is 30.3 Å². The van der Waals surface area contributed by atoms with Crippen LogP contribution in [0.2, 0.25) is 0 Å². The van der Waals surface area contributed by atoms with Gasteiger partial charge < -0.3 is 15.1 Å². The summed E-state index contributed by atoms with van der Waals surface area (Å²) in [7, 11) is 0. The van der Waals surface area contributed by atoms with E-state index in [0.29, 0.717) is 11.3 Å². The molecule has 4 aromatic rings. The van der Waals surface area contributed by atoms with Crippen molar-refractivity contribution in [3.63, 3.8) is 0 Å². The van der Waals surface area contributed by atoms with E-state index in [0.717, 1.165) is 11.3 Å². The number of nitrogens with one attached hydrogen (secondary N) is 2. The molecule has 0 unspecified atom stereocenters. The van der Waals surface area contributed by atoms with Crippen LogP contribution in [-0.4, -0.2) is 26.6 Å². The topological polar surface area (TPSA) is 102 Å². The second kappa shape index (κ2) is 9.36. The maximum atomic E-state index is 12.8. The average molecular weight is 413 g/mol. The van der Waals surface area contributed by atoms with Crippen molar-refractivity contribution in [3.05, 3.63) is 108 Å². The number of carbonyl (C=O) groups is 2. The van der Waals surface area contributed by atoms with Gasteiger partial charge in [0.25, 0.3) is 11.8 Å². The van der Waals surface area contributed by atoms with Gasteiger partial charge in [-0.15, -0.1) is 0 Å². The molecule has 2 amide bonds. The van der Waals surface area contributed by atoms with Crippen LogP contribution in [-0.2, 0) is 11.3 Å². The average Bonchev–Trinajstić information content (AvgIpc) is 3.52. The molecule has 4 rings (SSSR count). The Labute approximate surface area is 178 Å². The van der Waals surface area contributed by atoms with Gasteiger partial charge in [0.2, 0.25) is 0 Å². The number of amides is 2. The standard InChI is InChI=1S/C23H19N5O3/c29-22(18-5-2-1-3-6-18)27-21(13-20-7-4-12-31-20)23(30)25-14-17-8-10-19(11-9-17)28-16-24-15-26-28/h1-13,15-16H,14H2,(H,25,30)(H,27,29)/b21-13-. The van der Waals surface area contributed by atoms with E-state index in [4.69, 9.17) is 4.42 Å². The lowest BCUT2D eigenvalue weighted by Gasteiger charge is -2.11. The molecule has 0 spiro atoms. The molecule has 2 heterocycles. The largest absolute Gasteiger partial charge is 0.465 e. The van der Waals surface area contributed by atoms with Crippen LogP contribution < -0.4 is 10.6 Å². The number of benzene rings is 2. The van der Waals surface area contributed by atoms with Gasteiger partial charge in [0.05, 0.1) is 12.0 Å². The highest BCUT2D eigenvalue weighted by atomic mass is 16.3. The number of aromatic nitrogens is 3. The van der Waals surface area contributed by atoms with Crippen molar-refractivity contribution in [2.45, 2.75) is 6.54 Å². The first-order valence-electron chi connectivity index (χ1n) is 9.53. The van der Waals surface area contributed by atoms with E-state index in [9.17, 15) is 9.59 Å². The van der Waals surface area contributed by atoms with Crippen molar-refractivity contribution in [2.75, 3.05) is 0 Å². The summed E-state index contributed by atoms with van der Waals surface area (Å²) in [5, 5.41) is 9.57. The summed E-state index contributed by atoms with van der Waals surface area (Å²) in [4.78, 5) is 29.3. The molecule has 0 aliphatic rings. The third kappa shape index (κ3) is 5.13. The zero-order valence-electron chi connectivity index (χ0n) is 16.4. The minimum Gasteiger partial charge on any atom is -0.465 e. The van der Waals surface area contributed by atoms with Crippen LogP contribution in [0.1, 0.15) is 21.7 Å². The smallest absolute Gasteiger partial charge is 0.268 e. The lowest BCUT2D eigenvalue weighted by atomic mass is 10.2. The van der Waals surface area contributed by atoms with Gasteiger partial charge in [-0.25, -0.2) is 9.67 Å². The lowest BCUT2D eigenvalue weighted by Crippen LogP contribution is -2.34. The molecule has 154 valence electrons. The molecule has 2 N–H and O–H groups in total. The monoisotopic (exact) mass is 413 g/mol. The van der Waals surface area contributed by atoms with Gasteiger partial charge in [0.1, 0.15) is 24.1 Å². The molecule has 0 aliphatic heterocycles. The van der Waals surface area contributed by atoms with Gasteiger partial charge in [-0.3, -0.25) is 9.59 Å². The Morgan fingerprint density at radius 1 is 1.00 bits per heavy atom. The Kier molecular flexibility index (Phi) is 5.99. The van der Waals surface area contributed by atoms with Gasteiger partial charge in [-0.05, 0) is 42.0 Å². The van der Waals surface area contributed by atoms with Gasteiger partial charge in [-0.2, -0.15) is 5.10 Å². The van der Waals surface area contributed by atoms with Crippen LogP contribution in [0.4, 0.5) is 0 Å². The van der Waals surface area contributed by atoms with E-state index in [1.807, 2.05) is 30.3 Å². The predicted molar refractivity (Wildman–Crippen MR) is 114 cm³/mol. The minimum atomic E-state index is -0.430. The maximum Gasteiger partial charge on any atom is 0.268 e. The Hall–Kier alpha value is -4.46. The van der Waals surface area contributed by atoms with Crippen LogP contribution in [0.3, 0.4) is 0 Å². The number of hydrogen-bond donors (Lipinski definition) is 2. The number of rotatable bonds is 7. The molecule has 2 aromatic carbocycles. The van der Waals surface area contributed by atoms with Crippen LogP contribution in [0, 0.1) is 0 Å². The van der Waals surface area contributed by atoms with Crippen LogP contribution >= 0.6 is 0 Å².